The molecule has 0 aliphatic carbocycles. The molecule has 0 atom stereocenters. The molecule has 0 aliphatic heterocycles. The maximum absolute atomic E-state index is 8.69. The van der Waals surface area contributed by atoms with E-state index in [4.69, 9.17) is 10.00 Å². The molecule has 6 nitrogen and oxygen atoms in total. The summed E-state index contributed by atoms with van der Waals surface area (Å²) in [6.07, 6.45) is 3.00. The van der Waals surface area contributed by atoms with Crippen molar-refractivity contribution in [3.8, 4) is 23.6 Å². The van der Waals surface area contributed by atoms with Crippen LogP contribution in [0.4, 0.5) is 0 Å². The Labute approximate surface area is 114 Å². The number of nitriles is 1. The molecule has 6 heteroatoms. The van der Waals surface area contributed by atoms with Crippen molar-refractivity contribution in [2.24, 2.45) is 0 Å². The van der Waals surface area contributed by atoms with Crippen molar-refractivity contribution in [2.75, 3.05) is 0 Å². The average Bonchev–Trinajstić information content (AvgIpc) is 2.97. The summed E-state index contributed by atoms with van der Waals surface area (Å²) in [6.45, 7) is 0. The Kier molecular flexibility index (Phi) is 3.08. The van der Waals surface area contributed by atoms with E-state index in [1.807, 2.05) is 36.4 Å². The van der Waals surface area contributed by atoms with Crippen LogP contribution in [-0.4, -0.2) is 19.7 Å². The zero-order valence-electron chi connectivity index (χ0n) is 10.3. The van der Waals surface area contributed by atoms with Gasteiger partial charge in [-0.2, -0.15) is 10.2 Å². The molecule has 96 valence electrons. The van der Waals surface area contributed by atoms with Crippen molar-refractivity contribution in [1.82, 2.24) is 19.7 Å². The SMILES string of the molecule is N#Cc1ccc(Oc2ncn(-c3ccccc3)n2)nc1. The topological polar surface area (TPSA) is 76.6 Å². The third kappa shape index (κ3) is 2.47. The van der Waals surface area contributed by atoms with Gasteiger partial charge in [0.2, 0.25) is 5.88 Å². The fourth-order valence-electron chi connectivity index (χ4n) is 1.60. The number of pyridine rings is 1. The predicted molar refractivity (Wildman–Crippen MR) is 70.4 cm³/mol. The summed E-state index contributed by atoms with van der Waals surface area (Å²) < 4.78 is 7.03. The minimum absolute atomic E-state index is 0.200. The summed E-state index contributed by atoms with van der Waals surface area (Å²) in [5, 5.41) is 12.9. The van der Waals surface area contributed by atoms with Crippen LogP contribution in [0.3, 0.4) is 0 Å². The van der Waals surface area contributed by atoms with E-state index in [1.54, 1.807) is 23.1 Å². The van der Waals surface area contributed by atoms with Crippen LogP contribution in [0.1, 0.15) is 5.56 Å². The molecule has 2 aromatic heterocycles. The molecular formula is C14H9N5O. The van der Waals surface area contributed by atoms with E-state index in [0.717, 1.165) is 5.69 Å². The smallest absolute Gasteiger partial charge is 0.342 e. The lowest BCUT2D eigenvalue weighted by Gasteiger charge is -1.99. The summed E-state index contributed by atoms with van der Waals surface area (Å²) in [6, 6.07) is 15.0. The first kappa shape index (κ1) is 11.9. The van der Waals surface area contributed by atoms with Crippen LogP contribution in [0.2, 0.25) is 0 Å². The highest BCUT2D eigenvalue weighted by Gasteiger charge is 2.05. The second-order valence-electron chi connectivity index (χ2n) is 3.91. The number of para-hydroxylation sites is 1. The summed E-state index contributed by atoms with van der Waals surface area (Å²) in [4.78, 5) is 8.05. The molecule has 0 radical (unpaired) electrons. The van der Waals surface area contributed by atoms with E-state index in [-0.39, 0.29) is 6.01 Å². The monoisotopic (exact) mass is 263 g/mol. The normalized spacial score (nSPS) is 9.95. The molecule has 0 N–H and O–H groups in total. The van der Waals surface area contributed by atoms with Crippen LogP contribution in [0.25, 0.3) is 5.69 Å². The molecule has 0 amide bonds. The van der Waals surface area contributed by atoms with Gasteiger partial charge >= 0.3 is 6.01 Å². The van der Waals surface area contributed by atoms with Gasteiger partial charge in [0.15, 0.2) is 0 Å². The molecule has 0 aliphatic rings. The lowest BCUT2D eigenvalue weighted by molar-refractivity contribution is 0.424. The molecule has 0 spiro atoms. The fourth-order valence-corrected chi connectivity index (χ4v) is 1.60. The number of aromatic nitrogens is 4. The van der Waals surface area contributed by atoms with Crippen molar-refractivity contribution < 1.29 is 4.74 Å². The van der Waals surface area contributed by atoms with E-state index in [1.165, 1.54) is 6.20 Å². The number of benzene rings is 1. The molecular weight excluding hydrogens is 254 g/mol. The zero-order chi connectivity index (χ0) is 13.8. The molecule has 3 aromatic rings. The fraction of sp³-hybridized carbons (Fsp3) is 0. The van der Waals surface area contributed by atoms with Gasteiger partial charge < -0.3 is 4.74 Å². The van der Waals surface area contributed by atoms with Gasteiger partial charge in [0.05, 0.1) is 11.3 Å². The molecule has 0 unspecified atom stereocenters. The van der Waals surface area contributed by atoms with Crippen molar-refractivity contribution in [2.45, 2.75) is 0 Å². The van der Waals surface area contributed by atoms with Gasteiger partial charge in [-0.3, -0.25) is 0 Å². The largest absolute Gasteiger partial charge is 0.404 e. The lowest BCUT2D eigenvalue weighted by Crippen LogP contribution is -1.95. The molecule has 1 aromatic carbocycles. The van der Waals surface area contributed by atoms with Crippen molar-refractivity contribution in [1.29, 1.82) is 5.26 Å². The third-order valence-corrected chi connectivity index (χ3v) is 2.55. The van der Waals surface area contributed by atoms with Gasteiger partial charge in [0, 0.05) is 12.3 Å². The Morgan fingerprint density at radius 3 is 2.60 bits per heavy atom. The van der Waals surface area contributed by atoms with Crippen LogP contribution >= 0.6 is 0 Å². The summed E-state index contributed by atoms with van der Waals surface area (Å²) in [5.41, 5.74) is 1.36. The molecule has 0 fully saturated rings. The quantitative estimate of drug-likeness (QED) is 0.724. The molecule has 0 saturated heterocycles. The molecule has 2 heterocycles. The van der Waals surface area contributed by atoms with E-state index in [0.29, 0.717) is 11.4 Å². The molecule has 0 saturated carbocycles. The molecule has 3 rings (SSSR count). The first-order chi connectivity index (χ1) is 9.85. The maximum atomic E-state index is 8.69. The van der Waals surface area contributed by atoms with Crippen LogP contribution in [0.15, 0.2) is 55.0 Å². The van der Waals surface area contributed by atoms with Crippen LogP contribution in [0, 0.1) is 11.3 Å². The van der Waals surface area contributed by atoms with Gasteiger partial charge in [-0.05, 0) is 18.2 Å². The number of hydrogen-bond acceptors (Lipinski definition) is 5. The number of nitrogens with zero attached hydrogens (tertiary/aromatic N) is 5. The van der Waals surface area contributed by atoms with Gasteiger partial charge in [0.1, 0.15) is 12.4 Å². The number of hydrogen-bond donors (Lipinski definition) is 0. The van der Waals surface area contributed by atoms with Crippen LogP contribution in [-0.2, 0) is 0 Å². The van der Waals surface area contributed by atoms with Gasteiger partial charge in [-0.25, -0.2) is 9.67 Å². The van der Waals surface area contributed by atoms with E-state index in [2.05, 4.69) is 15.1 Å². The first-order valence-electron chi connectivity index (χ1n) is 5.86. The first-order valence-corrected chi connectivity index (χ1v) is 5.86. The Morgan fingerprint density at radius 1 is 1.05 bits per heavy atom. The highest BCUT2D eigenvalue weighted by molar-refractivity contribution is 5.31. The van der Waals surface area contributed by atoms with Crippen LogP contribution < -0.4 is 4.74 Å². The van der Waals surface area contributed by atoms with Crippen LogP contribution in [0.5, 0.6) is 11.9 Å². The average molecular weight is 263 g/mol. The predicted octanol–water partition coefficient (Wildman–Crippen LogP) is 2.33. The van der Waals surface area contributed by atoms with Crippen molar-refractivity contribution >= 4 is 0 Å². The Morgan fingerprint density at radius 2 is 1.90 bits per heavy atom. The van der Waals surface area contributed by atoms with Gasteiger partial charge in [-0.1, -0.05) is 18.2 Å². The van der Waals surface area contributed by atoms with Gasteiger partial charge in [0.25, 0.3) is 0 Å². The standard InChI is InChI=1S/C14H9N5O/c15-8-11-6-7-13(16-9-11)20-14-17-10-19(18-14)12-4-2-1-3-5-12/h1-7,9-10H. The summed E-state index contributed by atoms with van der Waals surface area (Å²) >= 11 is 0. The van der Waals surface area contributed by atoms with Gasteiger partial charge in [-0.15, -0.1) is 5.10 Å². The lowest BCUT2D eigenvalue weighted by atomic mass is 10.3. The van der Waals surface area contributed by atoms with E-state index < -0.39 is 0 Å². The Hall–Kier alpha value is -3.20. The number of ether oxygens (including phenoxy) is 1. The number of rotatable bonds is 3. The maximum Gasteiger partial charge on any atom is 0.342 e. The third-order valence-electron chi connectivity index (χ3n) is 2.55. The Bertz CT molecular complexity index is 743. The zero-order valence-corrected chi connectivity index (χ0v) is 10.3. The second-order valence-corrected chi connectivity index (χ2v) is 3.91. The van der Waals surface area contributed by atoms with Crippen molar-refractivity contribution in [3.63, 3.8) is 0 Å². The second kappa shape index (κ2) is 5.20. The van der Waals surface area contributed by atoms with E-state index in [9.17, 15) is 0 Å². The van der Waals surface area contributed by atoms with Crippen molar-refractivity contribution in [3.05, 3.63) is 60.6 Å². The molecule has 20 heavy (non-hydrogen) atoms. The highest BCUT2D eigenvalue weighted by atomic mass is 16.5. The molecule has 0 bridgehead atoms. The minimum atomic E-state index is 0.200. The van der Waals surface area contributed by atoms with E-state index >= 15 is 0 Å². The minimum Gasteiger partial charge on any atom is -0.404 e. The highest BCUT2D eigenvalue weighted by Crippen LogP contribution is 2.15. The summed E-state index contributed by atoms with van der Waals surface area (Å²) in [7, 11) is 0. The summed E-state index contributed by atoms with van der Waals surface area (Å²) in [5.74, 6) is 0.342. The Balaban J connectivity index is 1.79.